The van der Waals surface area contributed by atoms with E-state index < -0.39 is 11.7 Å². The van der Waals surface area contributed by atoms with Crippen molar-refractivity contribution in [2.24, 2.45) is 0 Å². The number of carbonyl (C=O) groups is 1. The molecule has 136 valence electrons. The minimum absolute atomic E-state index is 0.00511. The van der Waals surface area contributed by atoms with Gasteiger partial charge in [-0.1, -0.05) is 30.4 Å². The molecule has 2 rings (SSSR count). The Morgan fingerprint density at radius 3 is 2.44 bits per heavy atom. The molecule has 0 spiro atoms. The normalized spacial score (nSPS) is 17.4. The van der Waals surface area contributed by atoms with Crippen molar-refractivity contribution in [3.8, 4) is 0 Å². The average molecular weight is 352 g/mol. The van der Waals surface area contributed by atoms with E-state index in [2.05, 4.69) is 4.90 Å². The van der Waals surface area contributed by atoms with Gasteiger partial charge in [-0.05, 0) is 31.0 Å². The Labute approximate surface area is 146 Å². The first-order valence-electron chi connectivity index (χ1n) is 8.37. The Kier molecular flexibility index (Phi) is 6.82. The van der Waals surface area contributed by atoms with Crippen molar-refractivity contribution < 1.29 is 18.0 Å². The van der Waals surface area contributed by atoms with E-state index >= 15 is 0 Å². The van der Waals surface area contributed by atoms with Gasteiger partial charge >= 0.3 is 6.18 Å². The molecule has 1 heterocycles. The Morgan fingerprint density at radius 1 is 1.08 bits per heavy atom. The van der Waals surface area contributed by atoms with Crippen LogP contribution >= 0.6 is 0 Å². The fourth-order valence-electron chi connectivity index (χ4n) is 2.76. The molecule has 1 aromatic carbocycles. The number of allylic oxidation sites excluding steroid dienone is 3. The van der Waals surface area contributed by atoms with Gasteiger partial charge in [-0.2, -0.15) is 13.2 Å². The van der Waals surface area contributed by atoms with Gasteiger partial charge in [0.25, 0.3) is 0 Å². The highest BCUT2D eigenvalue weighted by atomic mass is 19.4. The molecular weight excluding hydrogens is 329 g/mol. The molecule has 0 aliphatic carbocycles. The molecule has 0 unspecified atom stereocenters. The summed E-state index contributed by atoms with van der Waals surface area (Å²) in [6.45, 7) is 5.34. The van der Waals surface area contributed by atoms with Gasteiger partial charge in [-0.3, -0.25) is 9.69 Å². The van der Waals surface area contributed by atoms with Crippen molar-refractivity contribution >= 4 is 5.91 Å². The second kappa shape index (κ2) is 8.85. The van der Waals surface area contributed by atoms with Gasteiger partial charge in [0.15, 0.2) is 0 Å². The molecule has 1 aliphatic heterocycles. The third kappa shape index (κ3) is 6.05. The van der Waals surface area contributed by atoms with Gasteiger partial charge in [-0.15, -0.1) is 0 Å². The molecule has 0 aromatic heterocycles. The van der Waals surface area contributed by atoms with Crippen LogP contribution in [0.4, 0.5) is 13.2 Å². The molecule has 1 saturated heterocycles. The van der Waals surface area contributed by atoms with E-state index in [-0.39, 0.29) is 5.91 Å². The summed E-state index contributed by atoms with van der Waals surface area (Å²) >= 11 is 0. The van der Waals surface area contributed by atoms with Gasteiger partial charge in [0.2, 0.25) is 5.91 Å². The Bertz CT molecular complexity index is 621. The first kappa shape index (κ1) is 19.2. The Morgan fingerprint density at radius 2 is 1.80 bits per heavy atom. The summed E-state index contributed by atoms with van der Waals surface area (Å²) < 4.78 is 37.8. The summed E-state index contributed by atoms with van der Waals surface area (Å²) in [6, 6.07) is 5.29. The summed E-state index contributed by atoms with van der Waals surface area (Å²) in [5, 5.41) is 0. The van der Waals surface area contributed by atoms with E-state index in [9.17, 15) is 18.0 Å². The minimum Gasteiger partial charge on any atom is -0.338 e. The predicted molar refractivity (Wildman–Crippen MR) is 91.9 cm³/mol. The minimum atomic E-state index is -4.30. The van der Waals surface area contributed by atoms with Crippen LogP contribution < -0.4 is 0 Å². The second-order valence-corrected chi connectivity index (χ2v) is 6.03. The van der Waals surface area contributed by atoms with E-state index in [1.165, 1.54) is 12.1 Å². The van der Waals surface area contributed by atoms with Gasteiger partial charge in [-0.25, -0.2) is 0 Å². The molecular formula is C19H23F3N2O. The van der Waals surface area contributed by atoms with E-state index in [1.807, 2.05) is 24.0 Å². The number of hydrogen-bond acceptors (Lipinski definition) is 2. The van der Waals surface area contributed by atoms with E-state index in [0.717, 1.165) is 30.7 Å². The number of hydrogen-bond donors (Lipinski definition) is 0. The number of halogens is 3. The molecule has 0 saturated carbocycles. The predicted octanol–water partition coefficient (Wildman–Crippen LogP) is 3.87. The van der Waals surface area contributed by atoms with Crippen LogP contribution in [0.2, 0.25) is 0 Å². The third-order valence-corrected chi connectivity index (χ3v) is 4.13. The number of amides is 1. The van der Waals surface area contributed by atoms with E-state index in [4.69, 9.17) is 0 Å². The lowest BCUT2D eigenvalue weighted by molar-refractivity contribution is -0.137. The number of alkyl halides is 3. The van der Waals surface area contributed by atoms with Crippen LogP contribution in [0.15, 0.2) is 48.6 Å². The number of carbonyl (C=O) groups excluding carboxylic acids is 1. The molecule has 0 atom stereocenters. The molecule has 0 N–H and O–H groups in total. The van der Waals surface area contributed by atoms with E-state index in [1.54, 1.807) is 12.2 Å². The maximum atomic E-state index is 12.6. The number of rotatable bonds is 4. The largest absolute Gasteiger partial charge is 0.416 e. The van der Waals surface area contributed by atoms with Crippen LogP contribution in [0.25, 0.3) is 0 Å². The van der Waals surface area contributed by atoms with Crippen molar-refractivity contribution in [3.63, 3.8) is 0 Å². The molecule has 1 fully saturated rings. The molecule has 1 amide bonds. The van der Waals surface area contributed by atoms with Crippen LogP contribution in [0.3, 0.4) is 0 Å². The smallest absolute Gasteiger partial charge is 0.338 e. The van der Waals surface area contributed by atoms with Gasteiger partial charge in [0, 0.05) is 38.8 Å². The van der Waals surface area contributed by atoms with Crippen molar-refractivity contribution in [1.29, 1.82) is 0 Å². The highest BCUT2D eigenvalue weighted by Crippen LogP contribution is 2.29. The SMILES string of the molecule is C/C=C/C=CC(=O)N1CCCN(Cc2ccc(C(F)(F)F)cc2)CC1. The van der Waals surface area contributed by atoms with Crippen LogP contribution in [0.5, 0.6) is 0 Å². The van der Waals surface area contributed by atoms with E-state index in [0.29, 0.717) is 26.2 Å². The lowest BCUT2D eigenvalue weighted by Crippen LogP contribution is -2.34. The number of nitrogens with zero attached hydrogens (tertiary/aromatic N) is 2. The quantitative estimate of drug-likeness (QED) is 0.607. The lowest BCUT2D eigenvalue weighted by atomic mass is 10.1. The summed E-state index contributed by atoms with van der Waals surface area (Å²) in [5.74, 6) is -0.00511. The third-order valence-electron chi connectivity index (χ3n) is 4.13. The highest BCUT2D eigenvalue weighted by Gasteiger charge is 2.30. The van der Waals surface area contributed by atoms with Gasteiger partial charge < -0.3 is 4.90 Å². The Hall–Kier alpha value is -2.08. The zero-order chi connectivity index (χ0) is 18.3. The van der Waals surface area contributed by atoms with Crippen LogP contribution in [0.1, 0.15) is 24.5 Å². The van der Waals surface area contributed by atoms with Gasteiger partial charge in [0.05, 0.1) is 5.56 Å². The first-order valence-corrected chi connectivity index (χ1v) is 8.37. The maximum absolute atomic E-state index is 12.6. The summed E-state index contributed by atoms with van der Waals surface area (Å²) in [6.07, 6.45) is 3.51. The average Bonchev–Trinajstić information content (AvgIpc) is 2.80. The molecule has 0 bridgehead atoms. The van der Waals surface area contributed by atoms with Crippen LogP contribution in [-0.2, 0) is 17.5 Å². The van der Waals surface area contributed by atoms with Gasteiger partial charge in [0.1, 0.15) is 0 Å². The van der Waals surface area contributed by atoms with Crippen LogP contribution in [-0.4, -0.2) is 41.9 Å². The van der Waals surface area contributed by atoms with Crippen molar-refractivity contribution in [3.05, 3.63) is 59.7 Å². The molecule has 3 nitrogen and oxygen atoms in total. The number of benzene rings is 1. The molecule has 6 heteroatoms. The first-order chi connectivity index (χ1) is 11.9. The van der Waals surface area contributed by atoms with Crippen molar-refractivity contribution in [2.75, 3.05) is 26.2 Å². The highest BCUT2D eigenvalue weighted by molar-refractivity contribution is 5.87. The summed E-state index contributed by atoms with van der Waals surface area (Å²) in [4.78, 5) is 16.1. The lowest BCUT2D eigenvalue weighted by Gasteiger charge is -2.21. The zero-order valence-electron chi connectivity index (χ0n) is 14.3. The molecule has 1 aliphatic rings. The summed E-state index contributed by atoms with van der Waals surface area (Å²) in [7, 11) is 0. The summed E-state index contributed by atoms with van der Waals surface area (Å²) in [5.41, 5.74) is 0.220. The van der Waals surface area contributed by atoms with Crippen molar-refractivity contribution in [2.45, 2.75) is 26.1 Å². The topological polar surface area (TPSA) is 23.6 Å². The zero-order valence-corrected chi connectivity index (χ0v) is 14.3. The molecule has 25 heavy (non-hydrogen) atoms. The monoisotopic (exact) mass is 352 g/mol. The fourth-order valence-corrected chi connectivity index (χ4v) is 2.76. The van der Waals surface area contributed by atoms with Crippen LogP contribution in [0, 0.1) is 0 Å². The fraction of sp³-hybridized carbons (Fsp3) is 0.421. The Balaban J connectivity index is 1.89. The maximum Gasteiger partial charge on any atom is 0.416 e. The second-order valence-electron chi connectivity index (χ2n) is 6.03. The molecule has 1 aromatic rings. The van der Waals surface area contributed by atoms with Crippen molar-refractivity contribution in [1.82, 2.24) is 9.80 Å². The molecule has 0 radical (unpaired) electrons. The standard InChI is InChI=1S/C19H23F3N2O/c1-2-3-4-6-18(25)24-12-5-11-23(13-14-24)15-16-7-9-17(10-8-16)19(20,21)22/h2-4,6-10H,5,11-15H2,1H3/b3-2+,6-4?.